The molecule has 4 aromatic rings. The minimum Gasteiger partial charge on any atom is -0.321 e. The van der Waals surface area contributed by atoms with E-state index < -0.39 is 10.8 Å². The Kier molecular flexibility index (Phi) is 4.96. The summed E-state index contributed by atoms with van der Waals surface area (Å²) in [6, 6.07) is 17.7. The molecule has 9 heteroatoms. The van der Waals surface area contributed by atoms with E-state index in [-0.39, 0.29) is 11.3 Å². The second-order valence-corrected chi connectivity index (χ2v) is 7.26. The van der Waals surface area contributed by atoms with Gasteiger partial charge in [-0.2, -0.15) is 0 Å². The van der Waals surface area contributed by atoms with Crippen LogP contribution in [-0.2, 0) is 7.05 Å². The minimum absolute atomic E-state index is 0.163. The summed E-state index contributed by atoms with van der Waals surface area (Å²) in [5.74, 6) is -0.417. The Bertz CT molecular complexity index is 1230. The van der Waals surface area contributed by atoms with Gasteiger partial charge < -0.3 is 9.88 Å². The summed E-state index contributed by atoms with van der Waals surface area (Å²) in [5, 5.41) is 24.5. The van der Waals surface area contributed by atoms with Gasteiger partial charge in [0.15, 0.2) is 5.16 Å². The van der Waals surface area contributed by atoms with Gasteiger partial charge >= 0.3 is 0 Å². The van der Waals surface area contributed by atoms with Gasteiger partial charge in [-0.25, -0.2) is 0 Å². The highest BCUT2D eigenvalue weighted by Crippen LogP contribution is 2.34. The maximum Gasteiger partial charge on any atom is 0.284 e. The van der Waals surface area contributed by atoms with E-state index in [1.165, 1.54) is 12.4 Å². The summed E-state index contributed by atoms with van der Waals surface area (Å²) >= 11 is 1.12. The molecule has 3 aromatic carbocycles. The first-order valence-corrected chi connectivity index (χ1v) is 9.44. The molecule has 1 N–H and O–H groups in total. The van der Waals surface area contributed by atoms with Crippen molar-refractivity contribution in [3.8, 4) is 0 Å². The largest absolute Gasteiger partial charge is 0.321 e. The van der Waals surface area contributed by atoms with E-state index in [0.717, 1.165) is 22.5 Å². The van der Waals surface area contributed by atoms with Crippen LogP contribution < -0.4 is 5.32 Å². The molecule has 1 heterocycles. The molecule has 0 radical (unpaired) electrons. The number of hydrogen-bond acceptors (Lipinski definition) is 6. The SMILES string of the molecule is Cn1cnnc1Sc1ccc(C(=O)Nc2cccc3ccccc23)cc1[N+](=O)[O-]. The summed E-state index contributed by atoms with van der Waals surface area (Å²) in [6.07, 6.45) is 1.51. The smallest absolute Gasteiger partial charge is 0.284 e. The molecule has 0 saturated heterocycles. The predicted octanol–water partition coefficient (Wildman–Crippen LogP) is 4.28. The van der Waals surface area contributed by atoms with Crippen LogP contribution in [0.15, 0.2) is 77.0 Å². The van der Waals surface area contributed by atoms with Gasteiger partial charge in [-0.1, -0.05) is 36.4 Å². The van der Waals surface area contributed by atoms with Gasteiger partial charge in [0.1, 0.15) is 6.33 Å². The van der Waals surface area contributed by atoms with Crippen molar-refractivity contribution in [2.75, 3.05) is 5.32 Å². The maximum atomic E-state index is 12.7. The van der Waals surface area contributed by atoms with Crippen LogP contribution in [0.2, 0.25) is 0 Å². The number of benzene rings is 3. The fourth-order valence-corrected chi connectivity index (χ4v) is 3.73. The number of anilines is 1. The second-order valence-electron chi connectivity index (χ2n) is 6.25. The Morgan fingerprint density at radius 3 is 2.69 bits per heavy atom. The van der Waals surface area contributed by atoms with Gasteiger partial charge in [0.2, 0.25) is 0 Å². The third kappa shape index (κ3) is 3.81. The third-order valence-corrected chi connectivity index (χ3v) is 5.44. The number of nitrogens with zero attached hydrogens (tertiary/aromatic N) is 4. The van der Waals surface area contributed by atoms with Crippen molar-refractivity contribution >= 4 is 39.8 Å². The number of hydrogen-bond donors (Lipinski definition) is 1. The lowest BCUT2D eigenvalue weighted by molar-refractivity contribution is -0.387. The molecule has 0 atom stereocenters. The lowest BCUT2D eigenvalue weighted by Gasteiger charge is -2.09. The average molecular weight is 405 g/mol. The van der Waals surface area contributed by atoms with E-state index in [9.17, 15) is 14.9 Å². The van der Waals surface area contributed by atoms with Gasteiger partial charge in [0.25, 0.3) is 11.6 Å². The van der Waals surface area contributed by atoms with E-state index in [1.807, 2.05) is 36.4 Å². The Morgan fingerprint density at radius 1 is 1.14 bits per heavy atom. The molecule has 0 bridgehead atoms. The van der Waals surface area contributed by atoms with Crippen molar-refractivity contribution in [3.63, 3.8) is 0 Å². The van der Waals surface area contributed by atoms with Crippen molar-refractivity contribution in [1.29, 1.82) is 0 Å². The molecule has 0 spiro atoms. The first-order valence-electron chi connectivity index (χ1n) is 8.62. The molecule has 0 aliphatic rings. The van der Waals surface area contributed by atoms with E-state index in [1.54, 1.807) is 29.8 Å². The molecule has 29 heavy (non-hydrogen) atoms. The van der Waals surface area contributed by atoms with Gasteiger partial charge in [-0.3, -0.25) is 14.9 Å². The fraction of sp³-hybridized carbons (Fsp3) is 0.0500. The van der Waals surface area contributed by atoms with Crippen molar-refractivity contribution < 1.29 is 9.72 Å². The number of amides is 1. The zero-order valence-corrected chi connectivity index (χ0v) is 16.1. The molecule has 0 saturated carbocycles. The lowest BCUT2D eigenvalue weighted by Crippen LogP contribution is -2.12. The van der Waals surface area contributed by atoms with Crippen LogP contribution in [0.25, 0.3) is 10.8 Å². The van der Waals surface area contributed by atoms with Gasteiger partial charge in [0.05, 0.1) is 9.82 Å². The summed E-state index contributed by atoms with van der Waals surface area (Å²) in [7, 11) is 1.75. The zero-order valence-electron chi connectivity index (χ0n) is 15.3. The summed E-state index contributed by atoms with van der Waals surface area (Å²) in [4.78, 5) is 24.2. The summed E-state index contributed by atoms with van der Waals surface area (Å²) < 4.78 is 1.66. The van der Waals surface area contributed by atoms with Crippen LogP contribution in [0.1, 0.15) is 10.4 Å². The molecule has 4 rings (SSSR count). The van der Waals surface area contributed by atoms with E-state index >= 15 is 0 Å². The van der Waals surface area contributed by atoms with Crippen molar-refractivity contribution in [2.45, 2.75) is 10.1 Å². The first-order chi connectivity index (χ1) is 14.0. The van der Waals surface area contributed by atoms with Gasteiger partial charge in [-0.05, 0) is 35.3 Å². The first kappa shape index (κ1) is 18.6. The molecule has 0 aliphatic heterocycles. The van der Waals surface area contributed by atoms with Crippen molar-refractivity contribution in [3.05, 3.63) is 82.7 Å². The van der Waals surface area contributed by atoms with Gasteiger partial charge in [0, 0.05) is 29.8 Å². The molecule has 144 valence electrons. The molecule has 0 unspecified atom stereocenters. The van der Waals surface area contributed by atoms with Gasteiger partial charge in [-0.15, -0.1) is 10.2 Å². The quantitative estimate of drug-likeness (QED) is 0.393. The molecule has 1 aromatic heterocycles. The number of rotatable bonds is 5. The number of aromatic nitrogens is 3. The normalized spacial score (nSPS) is 10.8. The van der Waals surface area contributed by atoms with Crippen molar-refractivity contribution in [1.82, 2.24) is 14.8 Å². The molecule has 8 nitrogen and oxygen atoms in total. The molecular formula is C20H15N5O3S. The number of nitrogens with one attached hydrogen (secondary N) is 1. The second kappa shape index (κ2) is 7.72. The molecule has 1 amide bonds. The maximum absolute atomic E-state index is 12.7. The third-order valence-electron chi connectivity index (χ3n) is 4.33. The van der Waals surface area contributed by atoms with E-state index in [2.05, 4.69) is 15.5 Å². The topological polar surface area (TPSA) is 103 Å². The predicted molar refractivity (Wildman–Crippen MR) is 110 cm³/mol. The van der Waals surface area contributed by atoms with Crippen LogP contribution in [0.5, 0.6) is 0 Å². The van der Waals surface area contributed by atoms with Crippen LogP contribution >= 0.6 is 11.8 Å². The van der Waals surface area contributed by atoms with Crippen LogP contribution in [0.3, 0.4) is 0 Å². The Labute approximate surface area is 169 Å². The summed E-state index contributed by atoms with van der Waals surface area (Å²) in [6.45, 7) is 0. The molecule has 0 aliphatic carbocycles. The Morgan fingerprint density at radius 2 is 1.93 bits per heavy atom. The number of nitro benzene ring substituents is 1. The highest BCUT2D eigenvalue weighted by molar-refractivity contribution is 7.99. The number of carbonyl (C=O) groups excluding carboxylic acids is 1. The lowest BCUT2D eigenvalue weighted by atomic mass is 10.1. The van der Waals surface area contributed by atoms with Crippen LogP contribution in [0.4, 0.5) is 11.4 Å². The molecule has 0 fully saturated rings. The number of fused-ring (bicyclic) bond motifs is 1. The van der Waals surface area contributed by atoms with Crippen LogP contribution in [-0.4, -0.2) is 25.6 Å². The minimum atomic E-state index is -0.507. The Balaban J connectivity index is 1.64. The number of aryl methyl sites for hydroxylation is 1. The monoisotopic (exact) mass is 405 g/mol. The number of nitro groups is 1. The van der Waals surface area contributed by atoms with Crippen molar-refractivity contribution in [2.24, 2.45) is 7.05 Å². The average Bonchev–Trinajstić information content (AvgIpc) is 3.13. The fourth-order valence-electron chi connectivity index (χ4n) is 2.88. The number of carbonyl (C=O) groups is 1. The highest BCUT2D eigenvalue weighted by Gasteiger charge is 2.20. The highest BCUT2D eigenvalue weighted by atomic mass is 32.2. The summed E-state index contributed by atoms with van der Waals surface area (Å²) in [5.41, 5.74) is 0.684. The standard InChI is InChI=1S/C20H15N5O3S/c1-24-12-21-23-20(24)29-18-10-9-14(11-17(18)25(27)28)19(26)22-16-8-4-6-13-5-2-3-7-15(13)16/h2-12H,1H3,(H,22,26). The zero-order chi connectivity index (χ0) is 20.4. The van der Waals surface area contributed by atoms with E-state index in [4.69, 9.17) is 0 Å². The van der Waals surface area contributed by atoms with E-state index in [0.29, 0.717) is 15.7 Å². The Hall–Kier alpha value is -3.72. The van der Waals surface area contributed by atoms with Crippen LogP contribution in [0, 0.1) is 10.1 Å². The molecular weight excluding hydrogens is 390 g/mol.